The Hall–Kier alpha value is -3.09. The van der Waals surface area contributed by atoms with Crippen molar-refractivity contribution in [1.29, 1.82) is 0 Å². The first-order chi connectivity index (χ1) is 11.5. The summed E-state index contributed by atoms with van der Waals surface area (Å²) in [7, 11) is 0. The van der Waals surface area contributed by atoms with Gasteiger partial charge in [-0.05, 0) is 30.2 Å². The summed E-state index contributed by atoms with van der Waals surface area (Å²) >= 11 is 0. The molecule has 1 aliphatic heterocycles. The molecule has 1 aromatic carbocycles. The Morgan fingerprint density at radius 3 is 2.79 bits per heavy atom. The van der Waals surface area contributed by atoms with Crippen LogP contribution in [0, 0.1) is 0 Å². The number of carbonyl (C=O) groups excluding carboxylic acids is 1. The van der Waals surface area contributed by atoms with Crippen LogP contribution in [0.1, 0.15) is 29.3 Å². The van der Waals surface area contributed by atoms with Gasteiger partial charge in [-0.25, -0.2) is 9.78 Å². The van der Waals surface area contributed by atoms with E-state index in [0.717, 1.165) is 0 Å². The van der Waals surface area contributed by atoms with Crippen LogP contribution >= 0.6 is 0 Å². The van der Waals surface area contributed by atoms with Crippen molar-refractivity contribution in [3.63, 3.8) is 0 Å². The number of rotatable bonds is 4. The number of benzene rings is 1. The quantitative estimate of drug-likeness (QED) is 0.890. The van der Waals surface area contributed by atoms with Gasteiger partial charge in [0, 0.05) is 0 Å². The monoisotopic (exact) mass is 327 g/mol. The van der Waals surface area contributed by atoms with E-state index in [9.17, 15) is 14.7 Å². The van der Waals surface area contributed by atoms with Crippen molar-refractivity contribution >= 4 is 23.5 Å². The molecule has 1 aliphatic rings. The summed E-state index contributed by atoms with van der Waals surface area (Å²) in [4.78, 5) is 29.7. The predicted octanol–water partition coefficient (Wildman–Crippen LogP) is 2.07. The topological polar surface area (TPSA) is 106 Å². The van der Waals surface area contributed by atoms with Crippen LogP contribution in [0.15, 0.2) is 36.4 Å². The molecule has 1 amide bonds. The molecule has 0 saturated heterocycles. The second kappa shape index (κ2) is 6.19. The average Bonchev–Trinajstić information content (AvgIpc) is 2.57. The van der Waals surface area contributed by atoms with Crippen LogP contribution in [-0.2, 0) is 11.3 Å². The van der Waals surface area contributed by atoms with Crippen LogP contribution < -0.4 is 15.4 Å². The number of carbonyl (C=O) groups is 2. The molecular formula is C17H17N3O4. The number of anilines is 2. The molecule has 0 aliphatic carbocycles. The second-order valence-corrected chi connectivity index (χ2v) is 5.46. The van der Waals surface area contributed by atoms with E-state index in [-0.39, 0.29) is 23.8 Å². The van der Waals surface area contributed by atoms with E-state index < -0.39 is 12.1 Å². The molecule has 0 radical (unpaired) electrons. The minimum atomic E-state index is -1.04. The lowest BCUT2D eigenvalue weighted by molar-refractivity contribution is -0.126. The zero-order valence-electron chi connectivity index (χ0n) is 13.1. The number of hydrogen-bond acceptors (Lipinski definition) is 5. The lowest BCUT2D eigenvalue weighted by atomic mass is 10.1. The fraction of sp³-hybridized carbons (Fsp3) is 0.235. The first kappa shape index (κ1) is 15.8. The molecule has 3 rings (SSSR count). The molecule has 0 saturated carbocycles. The van der Waals surface area contributed by atoms with E-state index in [1.807, 2.05) is 6.92 Å². The van der Waals surface area contributed by atoms with Crippen molar-refractivity contribution in [2.24, 2.45) is 0 Å². The van der Waals surface area contributed by atoms with Gasteiger partial charge in [-0.1, -0.05) is 25.1 Å². The van der Waals surface area contributed by atoms with E-state index in [2.05, 4.69) is 4.98 Å². The fourth-order valence-electron chi connectivity index (χ4n) is 2.67. The van der Waals surface area contributed by atoms with E-state index in [0.29, 0.717) is 23.6 Å². The SMILES string of the molecule is CCC1Oc2ccc(N)nc2N(Cc2ccccc2C(=O)O)C1=O. The Kier molecular flexibility index (Phi) is 4.07. The zero-order valence-corrected chi connectivity index (χ0v) is 13.1. The highest BCUT2D eigenvalue weighted by Crippen LogP contribution is 2.35. The number of pyridine rings is 1. The Morgan fingerprint density at radius 2 is 2.08 bits per heavy atom. The molecule has 0 bridgehead atoms. The molecule has 0 fully saturated rings. The fourth-order valence-corrected chi connectivity index (χ4v) is 2.67. The largest absolute Gasteiger partial charge is 0.478 e. The number of ether oxygens (including phenoxy) is 1. The number of carboxylic acid groups (broad SMARTS) is 1. The van der Waals surface area contributed by atoms with Crippen molar-refractivity contribution in [3.8, 4) is 5.75 Å². The van der Waals surface area contributed by atoms with E-state index in [4.69, 9.17) is 10.5 Å². The molecule has 2 aromatic rings. The third-order valence-electron chi connectivity index (χ3n) is 3.87. The molecule has 1 atom stereocenters. The number of carboxylic acids is 1. The lowest BCUT2D eigenvalue weighted by Gasteiger charge is -2.33. The molecule has 124 valence electrons. The first-order valence-electron chi connectivity index (χ1n) is 7.57. The van der Waals surface area contributed by atoms with Crippen LogP contribution in [0.5, 0.6) is 5.75 Å². The summed E-state index contributed by atoms with van der Waals surface area (Å²) in [5.41, 5.74) is 6.40. The van der Waals surface area contributed by atoms with Gasteiger partial charge >= 0.3 is 5.97 Å². The molecule has 1 aromatic heterocycles. The number of aromatic carboxylic acids is 1. The van der Waals surface area contributed by atoms with Gasteiger partial charge in [-0.3, -0.25) is 9.69 Å². The maximum Gasteiger partial charge on any atom is 0.336 e. The van der Waals surface area contributed by atoms with Gasteiger partial charge < -0.3 is 15.6 Å². The summed E-state index contributed by atoms with van der Waals surface area (Å²) in [6, 6.07) is 9.84. The van der Waals surface area contributed by atoms with Gasteiger partial charge in [-0.2, -0.15) is 0 Å². The highest BCUT2D eigenvalue weighted by molar-refractivity contribution is 5.99. The Morgan fingerprint density at radius 1 is 1.33 bits per heavy atom. The average molecular weight is 327 g/mol. The molecule has 1 unspecified atom stereocenters. The number of aromatic nitrogens is 1. The van der Waals surface area contributed by atoms with Crippen molar-refractivity contribution < 1.29 is 19.4 Å². The van der Waals surface area contributed by atoms with Crippen LogP contribution in [-0.4, -0.2) is 28.1 Å². The number of amides is 1. The number of nitrogen functional groups attached to an aromatic ring is 1. The van der Waals surface area contributed by atoms with E-state index in [1.165, 1.54) is 11.0 Å². The van der Waals surface area contributed by atoms with Crippen LogP contribution in [0.2, 0.25) is 0 Å². The van der Waals surface area contributed by atoms with E-state index in [1.54, 1.807) is 30.3 Å². The Labute approximate surface area is 138 Å². The van der Waals surface area contributed by atoms with Gasteiger partial charge in [0.15, 0.2) is 17.7 Å². The summed E-state index contributed by atoms with van der Waals surface area (Å²) in [5.74, 6) is -0.271. The molecule has 7 heteroatoms. The summed E-state index contributed by atoms with van der Waals surface area (Å²) in [6.07, 6.45) is -0.125. The normalized spacial score (nSPS) is 16.5. The smallest absolute Gasteiger partial charge is 0.336 e. The second-order valence-electron chi connectivity index (χ2n) is 5.46. The third kappa shape index (κ3) is 2.76. The first-order valence-corrected chi connectivity index (χ1v) is 7.57. The van der Waals surface area contributed by atoms with Gasteiger partial charge in [0.25, 0.3) is 5.91 Å². The molecule has 2 heterocycles. The summed E-state index contributed by atoms with van der Waals surface area (Å²) in [5, 5.41) is 9.33. The number of fused-ring (bicyclic) bond motifs is 1. The maximum atomic E-state index is 12.7. The van der Waals surface area contributed by atoms with Gasteiger partial charge in [-0.15, -0.1) is 0 Å². The van der Waals surface area contributed by atoms with Crippen LogP contribution in [0.3, 0.4) is 0 Å². The zero-order chi connectivity index (χ0) is 17.3. The van der Waals surface area contributed by atoms with Gasteiger partial charge in [0.1, 0.15) is 5.82 Å². The molecule has 7 nitrogen and oxygen atoms in total. The van der Waals surface area contributed by atoms with Gasteiger partial charge in [0.2, 0.25) is 0 Å². The Balaban J connectivity index is 2.05. The van der Waals surface area contributed by atoms with Crippen molar-refractivity contribution in [3.05, 3.63) is 47.5 Å². The Bertz CT molecular complexity index is 806. The molecule has 24 heavy (non-hydrogen) atoms. The van der Waals surface area contributed by atoms with Crippen LogP contribution in [0.4, 0.5) is 11.6 Å². The summed E-state index contributed by atoms with van der Waals surface area (Å²) < 4.78 is 5.67. The molecular weight excluding hydrogens is 310 g/mol. The minimum Gasteiger partial charge on any atom is -0.478 e. The minimum absolute atomic E-state index is 0.0879. The number of nitrogens with two attached hydrogens (primary N) is 1. The molecule has 3 N–H and O–H groups in total. The van der Waals surface area contributed by atoms with Crippen molar-refractivity contribution in [2.75, 3.05) is 10.6 Å². The highest BCUT2D eigenvalue weighted by Gasteiger charge is 2.35. The maximum absolute atomic E-state index is 12.7. The molecule has 0 spiro atoms. The van der Waals surface area contributed by atoms with Crippen molar-refractivity contribution in [1.82, 2.24) is 4.98 Å². The van der Waals surface area contributed by atoms with Crippen LogP contribution in [0.25, 0.3) is 0 Å². The number of nitrogens with zero attached hydrogens (tertiary/aromatic N) is 2. The summed E-state index contributed by atoms with van der Waals surface area (Å²) in [6.45, 7) is 1.94. The predicted molar refractivity (Wildman–Crippen MR) is 87.9 cm³/mol. The van der Waals surface area contributed by atoms with Gasteiger partial charge in [0.05, 0.1) is 12.1 Å². The lowest BCUT2D eigenvalue weighted by Crippen LogP contribution is -2.46. The van der Waals surface area contributed by atoms with Crippen molar-refractivity contribution in [2.45, 2.75) is 26.0 Å². The third-order valence-corrected chi connectivity index (χ3v) is 3.87. The number of hydrogen-bond donors (Lipinski definition) is 2. The standard InChI is InChI=1S/C17H17N3O4/c1-2-12-16(21)20(15-13(24-12)7-8-14(18)19-15)9-10-5-3-4-6-11(10)17(22)23/h3-8,12H,2,9H2,1H3,(H2,18,19)(H,22,23). The van der Waals surface area contributed by atoms with E-state index >= 15 is 0 Å². The highest BCUT2D eigenvalue weighted by atomic mass is 16.5.